The van der Waals surface area contributed by atoms with E-state index in [1.807, 2.05) is 13.8 Å². The molecule has 0 spiro atoms. The van der Waals surface area contributed by atoms with E-state index in [9.17, 15) is 14.7 Å². The summed E-state index contributed by atoms with van der Waals surface area (Å²) in [4.78, 5) is 25.3. The fourth-order valence-electron chi connectivity index (χ4n) is 6.13. The Morgan fingerprint density at radius 1 is 0.540 bits per heavy atom. The third-order valence-electron chi connectivity index (χ3n) is 9.17. The molecule has 6 nitrogen and oxygen atoms in total. The van der Waals surface area contributed by atoms with Crippen molar-refractivity contribution in [3.8, 4) is 0 Å². The van der Waals surface area contributed by atoms with Crippen molar-refractivity contribution in [1.82, 2.24) is 0 Å². The molecule has 0 heterocycles. The molecule has 0 radical (unpaired) electrons. The molecule has 0 aliphatic heterocycles. The number of aliphatic hydroxyl groups is 1. The van der Waals surface area contributed by atoms with E-state index in [-0.39, 0.29) is 28.9 Å². The van der Waals surface area contributed by atoms with Gasteiger partial charge >= 0.3 is 11.9 Å². The third kappa shape index (κ3) is 36.6. The molecule has 0 saturated heterocycles. The molecule has 0 aromatic carbocycles. The molecule has 7 heteroatoms. The maximum absolute atomic E-state index is 12.7. The molecule has 0 aliphatic carbocycles. The first-order valence-corrected chi connectivity index (χ1v) is 20.8. The summed E-state index contributed by atoms with van der Waals surface area (Å²) in [7, 11) is 0. The Hall–Kier alpha value is -1.18. The molecular weight excluding hydrogens is 690 g/mol. The zero-order valence-corrected chi connectivity index (χ0v) is 35.0. The van der Waals surface area contributed by atoms with Crippen molar-refractivity contribution in [2.24, 2.45) is 5.73 Å². The minimum Gasteiger partial charge on any atom is -0.458 e. The van der Waals surface area contributed by atoms with Gasteiger partial charge in [0, 0.05) is 24.8 Å². The lowest BCUT2D eigenvalue weighted by Crippen LogP contribution is -2.45. The van der Waals surface area contributed by atoms with Gasteiger partial charge in [-0.1, -0.05) is 141 Å². The molecule has 2 unspecified atom stereocenters. The number of unbranched alkanes of at least 4 members (excludes halogenated alkanes) is 22. The second-order valence-electron chi connectivity index (χ2n) is 15.1. The fraction of sp³-hybridized carbons (Fsp3) is 0.860. The minimum absolute atomic E-state index is 0. The minimum atomic E-state index is -0.906. The molecule has 3 N–H and O–H groups in total. The van der Waals surface area contributed by atoms with Crippen LogP contribution in [-0.2, 0) is 19.1 Å². The summed E-state index contributed by atoms with van der Waals surface area (Å²) in [5.41, 5.74) is 5.61. The molecule has 0 saturated carbocycles. The van der Waals surface area contributed by atoms with Gasteiger partial charge in [0.1, 0.15) is 6.10 Å². The van der Waals surface area contributed by atoms with E-state index in [4.69, 9.17) is 15.2 Å². The molecule has 0 amide bonds. The lowest BCUT2D eigenvalue weighted by atomic mass is 9.95. The van der Waals surface area contributed by atoms with E-state index < -0.39 is 24.4 Å². The van der Waals surface area contributed by atoms with Crippen LogP contribution in [-0.4, -0.2) is 41.4 Å². The van der Waals surface area contributed by atoms with Gasteiger partial charge in [0.25, 0.3) is 0 Å². The maximum Gasteiger partial charge on any atom is 0.306 e. The van der Waals surface area contributed by atoms with Gasteiger partial charge in [0.05, 0.1) is 6.61 Å². The molecule has 0 aromatic heterocycles. The number of rotatable bonds is 36. The second-order valence-corrected chi connectivity index (χ2v) is 15.1. The Bertz CT molecular complexity index is 810. The number of hydrogen-bond donors (Lipinski definition) is 2. The maximum atomic E-state index is 12.7. The van der Waals surface area contributed by atoms with Crippen molar-refractivity contribution < 1.29 is 24.2 Å². The van der Waals surface area contributed by atoms with Crippen LogP contribution in [0.5, 0.6) is 0 Å². The number of hydrogen-bond acceptors (Lipinski definition) is 6. The molecule has 2 atom stereocenters. The van der Waals surface area contributed by atoms with Gasteiger partial charge in [-0.05, 0) is 78.1 Å². The Morgan fingerprint density at radius 2 is 0.840 bits per heavy atom. The zero-order valence-electron chi connectivity index (χ0n) is 33.2. The average molecular weight is 773 g/mol. The quantitative estimate of drug-likeness (QED) is 0.0374. The molecule has 0 aromatic rings. The van der Waals surface area contributed by atoms with E-state index >= 15 is 0 Å². The van der Waals surface area contributed by atoms with Gasteiger partial charge in [-0.3, -0.25) is 9.59 Å². The third-order valence-corrected chi connectivity index (χ3v) is 9.17. The van der Waals surface area contributed by atoms with E-state index in [1.54, 1.807) is 0 Å². The zero-order chi connectivity index (χ0) is 36.3. The van der Waals surface area contributed by atoms with Crippen LogP contribution >= 0.6 is 17.0 Å². The smallest absolute Gasteiger partial charge is 0.306 e. The summed E-state index contributed by atoms with van der Waals surface area (Å²) in [5.74, 6) is -0.677. The summed E-state index contributed by atoms with van der Waals surface area (Å²) in [6, 6.07) is 0. The second kappa shape index (κ2) is 37.6. The van der Waals surface area contributed by atoms with Crippen LogP contribution in [0.15, 0.2) is 24.3 Å². The first-order chi connectivity index (χ1) is 23.7. The summed E-state index contributed by atoms with van der Waals surface area (Å²) in [5, 5.41) is 10.1. The topological polar surface area (TPSA) is 98.8 Å². The number of carbonyl (C=O) groups excluding carboxylic acids is 2. The van der Waals surface area contributed by atoms with Gasteiger partial charge < -0.3 is 20.3 Å². The van der Waals surface area contributed by atoms with Crippen molar-refractivity contribution >= 4 is 28.9 Å². The Kier molecular flexibility index (Phi) is 38.3. The standard InChI is InChI=1S/C43H81NO5.BrH/c1-5-7-9-11-13-15-17-19-21-23-25-27-29-31-33-35-41(46)48-39(37-43(3,4)44)40(38-45)49-42(47)36-34-32-30-28-26-24-22-20-18-16-14-12-10-8-6-2;/h19-22,39-40,45H,5-18,23-38,44H2,1-4H3;1H/b21-19-,22-20-;. The van der Waals surface area contributed by atoms with Crippen molar-refractivity contribution in [3.63, 3.8) is 0 Å². The van der Waals surface area contributed by atoms with Gasteiger partial charge in [-0.2, -0.15) is 0 Å². The lowest BCUT2D eigenvalue weighted by molar-refractivity contribution is -0.173. The molecule has 0 bridgehead atoms. The van der Waals surface area contributed by atoms with Crippen LogP contribution in [0.3, 0.4) is 0 Å². The Morgan fingerprint density at radius 3 is 1.16 bits per heavy atom. The molecule has 0 rings (SSSR count). The molecule has 296 valence electrons. The number of aliphatic hydroxyl groups excluding tert-OH is 1. The molecule has 0 aliphatic rings. The summed E-state index contributed by atoms with van der Waals surface area (Å²) in [6.45, 7) is 7.80. The number of allylic oxidation sites excluding steroid dienone is 4. The average Bonchev–Trinajstić information content (AvgIpc) is 3.06. The van der Waals surface area contributed by atoms with E-state index in [1.165, 1.54) is 109 Å². The van der Waals surface area contributed by atoms with Crippen molar-refractivity contribution in [2.45, 2.75) is 232 Å². The van der Waals surface area contributed by atoms with Gasteiger partial charge in [-0.25, -0.2) is 0 Å². The predicted molar refractivity (Wildman–Crippen MR) is 219 cm³/mol. The summed E-state index contributed by atoms with van der Waals surface area (Å²) < 4.78 is 11.4. The summed E-state index contributed by atoms with van der Waals surface area (Å²) in [6.07, 6.45) is 39.8. The van der Waals surface area contributed by atoms with Crippen LogP contribution < -0.4 is 5.73 Å². The van der Waals surface area contributed by atoms with Gasteiger partial charge in [0.2, 0.25) is 0 Å². The van der Waals surface area contributed by atoms with Crippen LogP contribution in [0.1, 0.15) is 214 Å². The van der Waals surface area contributed by atoms with Crippen LogP contribution in [0.2, 0.25) is 0 Å². The number of halogens is 1. The fourth-order valence-corrected chi connectivity index (χ4v) is 6.13. The Labute approximate surface area is 320 Å². The highest BCUT2D eigenvalue weighted by molar-refractivity contribution is 8.93. The molecule has 0 fully saturated rings. The van der Waals surface area contributed by atoms with Crippen molar-refractivity contribution in [1.29, 1.82) is 0 Å². The van der Waals surface area contributed by atoms with E-state index in [0.29, 0.717) is 19.3 Å². The Balaban J connectivity index is 0. The number of ether oxygens (including phenoxy) is 2. The first-order valence-electron chi connectivity index (χ1n) is 20.8. The molecular formula is C43H82BrNO5. The number of esters is 2. The van der Waals surface area contributed by atoms with Crippen LogP contribution in [0.4, 0.5) is 0 Å². The molecule has 50 heavy (non-hydrogen) atoms. The van der Waals surface area contributed by atoms with Gasteiger partial charge in [-0.15, -0.1) is 17.0 Å². The normalized spacial score (nSPS) is 13.1. The highest BCUT2D eigenvalue weighted by Gasteiger charge is 2.32. The highest BCUT2D eigenvalue weighted by atomic mass is 79.9. The number of carbonyl (C=O) groups is 2. The summed E-state index contributed by atoms with van der Waals surface area (Å²) >= 11 is 0. The van der Waals surface area contributed by atoms with Crippen molar-refractivity contribution in [2.75, 3.05) is 6.61 Å². The van der Waals surface area contributed by atoms with Crippen LogP contribution in [0.25, 0.3) is 0 Å². The predicted octanol–water partition coefficient (Wildman–Crippen LogP) is 12.6. The monoisotopic (exact) mass is 772 g/mol. The SMILES string of the molecule is Br.CCCCCCCC/C=C\CCCCCCCC(=O)OC(CO)C(CC(C)(C)N)OC(=O)CCCCCCC/C=C\CCCCCCCC. The van der Waals surface area contributed by atoms with Gasteiger partial charge in [0.15, 0.2) is 6.10 Å². The largest absolute Gasteiger partial charge is 0.458 e. The van der Waals surface area contributed by atoms with E-state index in [2.05, 4.69) is 38.2 Å². The number of nitrogens with two attached hydrogens (primary N) is 1. The van der Waals surface area contributed by atoms with Crippen molar-refractivity contribution in [3.05, 3.63) is 24.3 Å². The highest BCUT2D eigenvalue weighted by Crippen LogP contribution is 2.20. The first kappa shape index (κ1) is 50.9. The lowest BCUT2D eigenvalue weighted by Gasteiger charge is -2.30. The van der Waals surface area contributed by atoms with Crippen LogP contribution in [0, 0.1) is 0 Å². The van der Waals surface area contributed by atoms with E-state index in [0.717, 1.165) is 57.8 Å².